The van der Waals surface area contributed by atoms with Gasteiger partial charge in [0.05, 0.1) is 36.2 Å². The van der Waals surface area contributed by atoms with Gasteiger partial charge >= 0.3 is 5.69 Å². The third-order valence-electron chi connectivity index (χ3n) is 5.71. The summed E-state index contributed by atoms with van der Waals surface area (Å²) in [5.41, 5.74) is 2.27. The summed E-state index contributed by atoms with van der Waals surface area (Å²) in [7, 11) is 0. The maximum Gasteiger partial charge on any atom is 0.331 e. The highest BCUT2D eigenvalue weighted by Crippen LogP contribution is 2.35. The van der Waals surface area contributed by atoms with Crippen LogP contribution < -0.4 is 10.4 Å². The Bertz CT molecular complexity index is 1300. The summed E-state index contributed by atoms with van der Waals surface area (Å²) in [5.74, 6) is 1.09. The van der Waals surface area contributed by atoms with E-state index in [-0.39, 0.29) is 24.4 Å². The molecule has 0 N–H and O–H groups in total. The lowest BCUT2D eigenvalue weighted by molar-refractivity contribution is 0.139. The zero-order valence-electron chi connectivity index (χ0n) is 16.4. The van der Waals surface area contributed by atoms with Gasteiger partial charge in [0.1, 0.15) is 6.10 Å². The number of ether oxygens (including phenoxy) is 2. The third kappa shape index (κ3) is 2.95. The summed E-state index contributed by atoms with van der Waals surface area (Å²) in [6.07, 6.45) is 4.59. The highest BCUT2D eigenvalue weighted by Gasteiger charge is 2.29. The van der Waals surface area contributed by atoms with Crippen molar-refractivity contribution >= 4 is 22.1 Å². The highest BCUT2D eigenvalue weighted by atomic mass is 16.5. The molecular weight excluding hydrogens is 382 g/mol. The molecular formula is C22H21N5O3. The van der Waals surface area contributed by atoms with Gasteiger partial charge in [0.15, 0.2) is 11.5 Å². The fourth-order valence-corrected chi connectivity index (χ4v) is 4.08. The molecule has 1 aromatic carbocycles. The molecule has 6 rings (SSSR count). The number of aromatic nitrogens is 5. The Balaban J connectivity index is 1.45. The molecule has 0 amide bonds. The van der Waals surface area contributed by atoms with Crippen LogP contribution in [0.2, 0.25) is 0 Å². The number of imidazole rings is 1. The van der Waals surface area contributed by atoms with Crippen LogP contribution in [0.3, 0.4) is 0 Å². The number of rotatable bonds is 5. The van der Waals surface area contributed by atoms with Crippen molar-refractivity contribution in [3.8, 4) is 5.88 Å². The molecule has 1 unspecified atom stereocenters. The molecule has 1 saturated heterocycles. The molecule has 152 valence electrons. The summed E-state index contributed by atoms with van der Waals surface area (Å²) in [6.45, 7) is 1.53. The fraction of sp³-hybridized carbons (Fsp3) is 0.364. The van der Waals surface area contributed by atoms with Crippen molar-refractivity contribution < 1.29 is 9.47 Å². The van der Waals surface area contributed by atoms with Gasteiger partial charge in [-0.05, 0) is 37.1 Å². The number of fused-ring (bicyclic) bond motifs is 2. The van der Waals surface area contributed by atoms with E-state index < -0.39 is 0 Å². The number of nitrogens with zero attached hydrogens (tertiary/aromatic N) is 5. The zero-order chi connectivity index (χ0) is 20.1. The molecule has 0 radical (unpaired) electrons. The first-order chi connectivity index (χ1) is 14.8. The van der Waals surface area contributed by atoms with Crippen LogP contribution in [0, 0.1) is 0 Å². The SMILES string of the molecule is O=c1n(Cc2nc(OC3CCOC3)c3ccccc3n2)c2cccnc2n1C1CC1. The summed E-state index contributed by atoms with van der Waals surface area (Å²) in [4.78, 5) is 27.1. The van der Waals surface area contributed by atoms with E-state index in [2.05, 4.69) is 4.98 Å². The topological polar surface area (TPSA) is 84.1 Å². The van der Waals surface area contributed by atoms with Crippen molar-refractivity contribution in [3.05, 3.63) is 58.9 Å². The Morgan fingerprint density at radius 2 is 2.00 bits per heavy atom. The minimum atomic E-state index is -0.0605. The average Bonchev–Trinajstić information content (AvgIpc) is 3.39. The molecule has 8 nitrogen and oxygen atoms in total. The third-order valence-corrected chi connectivity index (χ3v) is 5.71. The largest absolute Gasteiger partial charge is 0.471 e. The molecule has 2 aliphatic rings. The minimum absolute atomic E-state index is 0.0140. The highest BCUT2D eigenvalue weighted by molar-refractivity contribution is 5.83. The average molecular weight is 403 g/mol. The van der Waals surface area contributed by atoms with E-state index in [1.165, 1.54) is 0 Å². The van der Waals surface area contributed by atoms with Crippen molar-refractivity contribution in [1.29, 1.82) is 0 Å². The smallest absolute Gasteiger partial charge is 0.331 e. The second-order valence-electron chi connectivity index (χ2n) is 7.88. The van der Waals surface area contributed by atoms with Gasteiger partial charge in [0, 0.05) is 18.7 Å². The first-order valence-corrected chi connectivity index (χ1v) is 10.3. The standard InChI is InChI=1S/C22H21N5O3/c28-22-26(18-6-3-10-23-20(18)27(22)14-7-8-14)12-19-24-17-5-2-1-4-16(17)21(25-19)30-15-9-11-29-13-15/h1-6,10,14-15H,7-9,11-13H2. The van der Waals surface area contributed by atoms with Crippen molar-refractivity contribution in [2.45, 2.75) is 38.0 Å². The summed E-state index contributed by atoms with van der Waals surface area (Å²) >= 11 is 0. The van der Waals surface area contributed by atoms with Crippen LogP contribution >= 0.6 is 0 Å². The molecule has 8 heteroatoms. The molecule has 1 atom stereocenters. The number of para-hydroxylation sites is 1. The summed E-state index contributed by atoms with van der Waals surface area (Å²) in [5, 5.41) is 0.863. The Kier molecular flexibility index (Phi) is 4.05. The monoisotopic (exact) mass is 403 g/mol. The molecule has 0 bridgehead atoms. The lowest BCUT2D eigenvalue weighted by Gasteiger charge is -2.14. The van der Waals surface area contributed by atoms with E-state index >= 15 is 0 Å². The molecule has 1 saturated carbocycles. The van der Waals surface area contributed by atoms with E-state index in [1.54, 1.807) is 10.8 Å². The van der Waals surface area contributed by atoms with E-state index in [1.807, 2.05) is 41.0 Å². The van der Waals surface area contributed by atoms with Gasteiger partial charge in [0.2, 0.25) is 5.88 Å². The summed E-state index contributed by atoms with van der Waals surface area (Å²) in [6, 6.07) is 11.8. The molecule has 0 spiro atoms. The van der Waals surface area contributed by atoms with E-state index in [9.17, 15) is 4.79 Å². The number of benzene rings is 1. The van der Waals surface area contributed by atoms with Crippen LogP contribution in [0.1, 0.15) is 31.1 Å². The molecule has 4 heterocycles. The van der Waals surface area contributed by atoms with Crippen LogP contribution in [0.4, 0.5) is 0 Å². The van der Waals surface area contributed by atoms with Gasteiger partial charge in [-0.3, -0.25) is 9.13 Å². The van der Waals surface area contributed by atoms with Crippen LogP contribution in [0.25, 0.3) is 22.1 Å². The fourth-order valence-electron chi connectivity index (χ4n) is 4.08. The Morgan fingerprint density at radius 3 is 2.83 bits per heavy atom. The van der Waals surface area contributed by atoms with Gasteiger partial charge in [-0.2, -0.15) is 4.98 Å². The van der Waals surface area contributed by atoms with Crippen LogP contribution in [0.5, 0.6) is 5.88 Å². The Hall–Kier alpha value is -3.26. The normalized spacial score (nSPS) is 19.0. The van der Waals surface area contributed by atoms with E-state index in [4.69, 9.17) is 19.4 Å². The second-order valence-corrected chi connectivity index (χ2v) is 7.88. The first kappa shape index (κ1) is 17.6. The van der Waals surface area contributed by atoms with Crippen molar-refractivity contribution in [3.63, 3.8) is 0 Å². The number of hydrogen-bond donors (Lipinski definition) is 0. The predicted octanol–water partition coefficient (Wildman–Crippen LogP) is 2.69. The first-order valence-electron chi connectivity index (χ1n) is 10.3. The van der Waals surface area contributed by atoms with E-state index in [0.717, 1.165) is 41.3 Å². The Morgan fingerprint density at radius 1 is 1.10 bits per heavy atom. The van der Waals surface area contributed by atoms with Gasteiger partial charge < -0.3 is 9.47 Å². The molecule has 1 aliphatic carbocycles. The molecule has 30 heavy (non-hydrogen) atoms. The van der Waals surface area contributed by atoms with Crippen LogP contribution in [-0.2, 0) is 11.3 Å². The lowest BCUT2D eigenvalue weighted by atomic mass is 10.2. The molecule has 3 aromatic heterocycles. The molecule has 4 aromatic rings. The quantitative estimate of drug-likeness (QED) is 0.509. The minimum Gasteiger partial charge on any atom is -0.471 e. The maximum absolute atomic E-state index is 13.2. The molecule has 1 aliphatic heterocycles. The molecule has 2 fully saturated rings. The zero-order valence-corrected chi connectivity index (χ0v) is 16.4. The maximum atomic E-state index is 13.2. The van der Waals surface area contributed by atoms with Gasteiger partial charge in [-0.25, -0.2) is 14.8 Å². The predicted molar refractivity (Wildman–Crippen MR) is 111 cm³/mol. The lowest BCUT2D eigenvalue weighted by Crippen LogP contribution is -2.25. The van der Waals surface area contributed by atoms with Crippen LogP contribution in [0.15, 0.2) is 47.4 Å². The van der Waals surface area contributed by atoms with Crippen LogP contribution in [-0.4, -0.2) is 43.4 Å². The van der Waals surface area contributed by atoms with Crippen molar-refractivity contribution in [1.82, 2.24) is 24.1 Å². The van der Waals surface area contributed by atoms with Crippen molar-refractivity contribution in [2.75, 3.05) is 13.2 Å². The second kappa shape index (κ2) is 6.91. The van der Waals surface area contributed by atoms with Gasteiger partial charge in [-0.1, -0.05) is 12.1 Å². The number of pyridine rings is 1. The van der Waals surface area contributed by atoms with E-state index in [0.29, 0.717) is 24.9 Å². The Labute approximate surface area is 172 Å². The summed E-state index contributed by atoms with van der Waals surface area (Å²) < 4.78 is 15.1. The number of hydrogen-bond acceptors (Lipinski definition) is 6. The van der Waals surface area contributed by atoms with Crippen molar-refractivity contribution in [2.24, 2.45) is 0 Å². The van der Waals surface area contributed by atoms with Gasteiger partial charge in [-0.15, -0.1) is 0 Å². The van der Waals surface area contributed by atoms with Gasteiger partial charge in [0.25, 0.3) is 0 Å².